The zero-order chi connectivity index (χ0) is 20.6. The number of nitrogens with zero attached hydrogens (tertiary/aromatic N) is 1. The first-order valence-corrected chi connectivity index (χ1v) is 10.1. The fourth-order valence-electron chi connectivity index (χ4n) is 3.44. The maximum atomic E-state index is 12.1. The minimum Gasteiger partial charge on any atom is -0.486 e. The monoisotopic (exact) mass is 404 g/mol. The summed E-state index contributed by atoms with van der Waals surface area (Å²) in [5.74, 6) is 0.897. The molecule has 1 atom stereocenters. The molecule has 0 spiro atoms. The molecule has 0 saturated carbocycles. The van der Waals surface area contributed by atoms with Gasteiger partial charge in [-0.2, -0.15) is 0 Å². The maximum absolute atomic E-state index is 12.1. The Balaban J connectivity index is 1.40. The third kappa shape index (κ3) is 6.35. The third-order valence-electron chi connectivity index (χ3n) is 4.90. The van der Waals surface area contributed by atoms with E-state index in [2.05, 4.69) is 20.9 Å². The van der Waals surface area contributed by atoms with Crippen LogP contribution in [0.1, 0.15) is 32.6 Å². The SMILES string of the molecule is CCC(=O)NC1CCCN(CCC(=O)NC(=O)Nc2ccc3c(c2)OCCO3)C1. The Morgan fingerprint density at radius 1 is 1.14 bits per heavy atom. The Hall–Kier alpha value is -2.81. The van der Waals surface area contributed by atoms with Crippen LogP contribution < -0.4 is 25.4 Å². The van der Waals surface area contributed by atoms with Crippen molar-refractivity contribution in [1.82, 2.24) is 15.5 Å². The standard InChI is InChI=1S/C20H28N4O5/c1-2-18(25)21-15-4-3-8-24(13-15)9-7-19(26)23-20(27)22-14-5-6-16-17(12-14)29-11-10-28-16/h5-6,12,15H,2-4,7-11,13H2,1H3,(H,21,25)(H2,22,23,26,27). The number of hydrogen-bond donors (Lipinski definition) is 3. The Bertz CT molecular complexity index is 754. The van der Waals surface area contributed by atoms with Crippen molar-refractivity contribution in [2.45, 2.75) is 38.6 Å². The number of hydrogen-bond acceptors (Lipinski definition) is 6. The van der Waals surface area contributed by atoms with E-state index in [1.165, 1.54) is 0 Å². The fourth-order valence-corrected chi connectivity index (χ4v) is 3.44. The summed E-state index contributed by atoms with van der Waals surface area (Å²) in [4.78, 5) is 37.9. The number of nitrogens with one attached hydrogen (secondary N) is 3. The molecule has 4 amide bonds. The van der Waals surface area contributed by atoms with Crippen molar-refractivity contribution in [2.75, 3.05) is 38.2 Å². The van der Waals surface area contributed by atoms with Gasteiger partial charge in [-0.1, -0.05) is 6.92 Å². The molecule has 2 heterocycles. The number of fused-ring (bicyclic) bond motifs is 1. The largest absolute Gasteiger partial charge is 0.486 e. The average molecular weight is 404 g/mol. The Morgan fingerprint density at radius 3 is 2.72 bits per heavy atom. The molecule has 1 fully saturated rings. The van der Waals surface area contributed by atoms with Gasteiger partial charge < -0.3 is 25.0 Å². The first-order valence-electron chi connectivity index (χ1n) is 10.1. The van der Waals surface area contributed by atoms with Crippen molar-refractivity contribution in [3.63, 3.8) is 0 Å². The number of carbonyl (C=O) groups is 3. The number of benzene rings is 1. The number of piperidine rings is 1. The molecule has 29 heavy (non-hydrogen) atoms. The molecule has 9 nitrogen and oxygen atoms in total. The molecular formula is C20H28N4O5. The number of likely N-dealkylation sites (tertiary alicyclic amines) is 1. The highest BCUT2D eigenvalue weighted by molar-refractivity contribution is 6.01. The van der Waals surface area contributed by atoms with Crippen LogP contribution >= 0.6 is 0 Å². The summed E-state index contributed by atoms with van der Waals surface area (Å²) in [7, 11) is 0. The van der Waals surface area contributed by atoms with E-state index >= 15 is 0 Å². The zero-order valence-corrected chi connectivity index (χ0v) is 16.7. The molecule has 1 unspecified atom stereocenters. The maximum Gasteiger partial charge on any atom is 0.325 e. The van der Waals surface area contributed by atoms with Gasteiger partial charge in [0.15, 0.2) is 11.5 Å². The average Bonchev–Trinajstić information content (AvgIpc) is 2.72. The van der Waals surface area contributed by atoms with Crippen molar-refractivity contribution in [3.8, 4) is 11.5 Å². The van der Waals surface area contributed by atoms with Crippen LogP contribution in [0.15, 0.2) is 18.2 Å². The van der Waals surface area contributed by atoms with E-state index in [0.29, 0.717) is 43.4 Å². The molecule has 3 N–H and O–H groups in total. The normalized spacial score (nSPS) is 18.6. The predicted octanol–water partition coefficient (Wildman–Crippen LogP) is 1.49. The second-order valence-corrected chi connectivity index (χ2v) is 7.17. The van der Waals surface area contributed by atoms with Gasteiger partial charge in [-0.25, -0.2) is 4.79 Å². The Kier molecular flexibility index (Phi) is 7.29. The van der Waals surface area contributed by atoms with Gasteiger partial charge in [0.1, 0.15) is 13.2 Å². The number of rotatable bonds is 6. The molecule has 0 aromatic heterocycles. The summed E-state index contributed by atoms with van der Waals surface area (Å²) in [6, 6.07) is 4.61. The summed E-state index contributed by atoms with van der Waals surface area (Å²) in [5.41, 5.74) is 0.519. The molecule has 158 valence electrons. The van der Waals surface area contributed by atoms with Gasteiger partial charge in [0, 0.05) is 43.7 Å². The van der Waals surface area contributed by atoms with Gasteiger partial charge in [-0.15, -0.1) is 0 Å². The lowest BCUT2D eigenvalue weighted by molar-refractivity contribution is -0.122. The molecular weight excluding hydrogens is 376 g/mol. The van der Waals surface area contributed by atoms with E-state index in [1.54, 1.807) is 18.2 Å². The van der Waals surface area contributed by atoms with Gasteiger partial charge in [0.25, 0.3) is 0 Å². The van der Waals surface area contributed by atoms with Gasteiger partial charge >= 0.3 is 6.03 Å². The lowest BCUT2D eigenvalue weighted by Gasteiger charge is -2.32. The first kappa shape index (κ1) is 20.9. The highest BCUT2D eigenvalue weighted by Crippen LogP contribution is 2.32. The number of anilines is 1. The molecule has 0 aliphatic carbocycles. The zero-order valence-electron chi connectivity index (χ0n) is 16.7. The lowest BCUT2D eigenvalue weighted by Crippen LogP contribution is -2.48. The highest BCUT2D eigenvalue weighted by atomic mass is 16.6. The molecule has 3 rings (SSSR count). The van der Waals surface area contributed by atoms with Crippen LogP contribution in [-0.4, -0.2) is 61.6 Å². The fraction of sp³-hybridized carbons (Fsp3) is 0.550. The molecule has 0 radical (unpaired) electrons. The predicted molar refractivity (Wildman–Crippen MR) is 107 cm³/mol. The topological polar surface area (TPSA) is 109 Å². The smallest absolute Gasteiger partial charge is 0.325 e. The number of amides is 4. The second-order valence-electron chi connectivity index (χ2n) is 7.17. The van der Waals surface area contributed by atoms with E-state index < -0.39 is 6.03 Å². The van der Waals surface area contributed by atoms with E-state index in [0.717, 1.165) is 25.9 Å². The molecule has 0 bridgehead atoms. The summed E-state index contributed by atoms with van der Waals surface area (Å²) in [5, 5.41) is 7.97. The second kappa shape index (κ2) is 10.1. The summed E-state index contributed by atoms with van der Waals surface area (Å²) in [6.07, 6.45) is 2.60. The molecule has 1 saturated heterocycles. The highest BCUT2D eigenvalue weighted by Gasteiger charge is 2.21. The van der Waals surface area contributed by atoms with Crippen LogP contribution in [0.25, 0.3) is 0 Å². The van der Waals surface area contributed by atoms with Crippen molar-refractivity contribution >= 4 is 23.5 Å². The molecule has 9 heteroatoms. The molecule has 2 aliphatic rings. The number of urea groups is 1. The third-order valence-corrected chi connectivity index (χ3v) is 4.90. The van der Waals surface area contributed by atoms with Crippen molar-refractivity contribution in [3.05, 3.63) is 18.2 Å². The van der Waals surface area contributed by atoms with Crippen molar-refractivity contribution in [2.24, 2.45) is 0 Å². The van der Waals surface area contributed by atoms with Crippen LogP contribution in [0, 0.1) is 0 Å². The van der Waals surface area contributed by atoms with Gasteiger partial charge in [-0.05, 0) is 31.5 Å². The van der Waals surface area contributed by atoms with E-state index in [1.807, 2.05) is 6.92 Å². The van der Waals surface area contributed by atoms with Crippen LogP contribution in [0.4, 0.5) is 10.5 Å². The number of imide groups is 1. The Labute approximate surface area is 170 Å². The molecule has 1 aromatic rings. The van der Waals surface area contributed by atoms with E-state index in [-0.39, 0.29) is 24.3 Å². The molecule has 1 aromatic carbocycles. The van der Waals surface area contributed by atoms with Gasteiger partial charge in [0.05, 0.1) is 0 Å². The van der Waals surface area contributed by atoms with Crippen molar-refractivity contribution in [1.29, 1.82) is 0 Å². The summed E-state index contributed by atoms with van der Waals surface area (Å²) in [6.45, 7) is 4.94. The number of ether oxygens (including phenoxy) is 2. The lowest BCUT2D eigenvalue weighted by atomic mass is 10.1. The Morgan fingerprint density at radius 2 is 1.93 bits per heavy atom. The van der Waals surface area contributed by atoms with E-state index in [4.69, 9.17) is 9.47 Å². The van der Waals surface area contributed by atoms with E-state index in [9.17, 15) is 14.4 Å². The quantitative estimate of drug-likeness (QED) is 0.663. The van der Waals surface area contributed by atoms with Crippen LogP contribution in [-0.2, 0) is 9.59 Å². The van der Waals surface area contributed by atoms with Crippen LogP contribution in [0.2, 0.25) is 0 Å². The van der Waals surface area contributed by atoms with Crippen LogP contribution in [0.5, 0.6) is 11.5 Å². The summed E-state index contributed by atoms with van der Waals surface area (Å²) >= 11 is 0. The molecule has 2 aliphatic heterocycles. The first-order chi connectivity index (χ1) is 14.0. The van der Waals surface area contributed by atoms with Crippen LogP contribution in [0.3, 0.4) is 0 Å². The number of carbonyl (C=O) groups excluding carboxylic acids is 3. The van der Waals surface area contributed by atoms with Crippen molar-refractivity contribution < 1.29 is 23.9 Å². The van der Waals surface area contributed by atoms with Gasteiger partial charge in [-0.3, -0.25) is 14.9 Å². The minimum atomic E-state index is -0.585. The van der Waals surface area contributed by atoms with Gasteiger partial charge in [0.2, 0.25) is 11.8 Å². The minimum absolute atomic E-state index is 0.0467. The summed E-state index contributed by atoms with van der Waals surface area (Å²) < 4.78 is 10.9.